The SMILES string of the molecule is CO[SiH](CCCCN)O[SiH](CCCCN)OC. The summed E-state index contributed by atoms with van der Waals surface area (Å²) in [5.74, 6) is 0. The van der Waals surface area contributed by atoms with Gasteiger partial charge in [-0.3, -0.25) is 0 Å². The normalized spacial score (nSPS) is 14.8. The van der Waals surface area contributed by atoms with E-state index in [9.17, 15) is 0 Å². The topological polar surface area (TPSA) is 79.7 Å². The van der Waals surface area contributed by atoms with E-state index in [1.807, 2.05) is 0 Å². The summed E-state index contributed by atoms with van der Waals surface area (Å²) in [6, 6.07) is 2.05. The Bertz CT molecular complexity index is 150. The fourth-order valence-electron chi connectivity index (χ4n) is 1.56. The summed E-state index contributed by atoms with van der Waals surface area (Å²) in [6.45, 7) is 1.49. The van der Waals surface area contributed by atoms with Crippen LogP contribution in [-0.2, 0) is 13.0 Å². The fourth-order valence-corrected chi connectivity index (χ4v) is 6.61. The minimum Gasteiger partial charge on any atom is -0.419 e. The van der Waals surface area contributed by atoms with Gasteiger partial charge in [0, 0.05) is 14.2 Å². The van der Waals surface area contributed by atoms with Crippen molar-refractivity contribution in [3.8, 4) is 0 Å². The van der Waals surface area contributed by atoms with Crippen molar-refractivity contribution >= 4 is 18.6 Å². The molecule has 4 N–H and O–H groups in total. The average molecular weight is 281 g/mol. The van der Waals surface area contributed by atoms with Crippen LogP contribution in [0.1, 0.15) is 25.7 Å². The number of nitrogens with two attached hydrogens (primary N) is 2. The van der Waals surface area contributed by atoms with Gasteiger partial charge in [-0.1, -0.05) is 12.8 Å². The van der Waals surface area contributed by atoms with Gasteiger partial charge in [0.2, 0.25) is 0 Å². The van der Waals surface area contributed by atoms with Crippen molar-refractivity contribution in [1.82, 2.24) is 0 Å². The Morgan fingerprint density at radius 2 is 1.18 bits per heavy atom. The van der Waals surface area contributed by atoms with Gasteiger partial charge in [0.05, 0.1) is 0 Å². The van der Waals surface area contributed by atoms with E-state index < -0.39 is 18.6 Å². The molecule has 17 heavy (non-hydrogen) atoms. The number of rotatable bonds is 12. The van der Waals surface area contributed by atoms with Gasteiger partial charge in [-0.15, -0.1) is 0 Å². The Labute approximate surface area is 108 Å². The molecule has 0 aliphatic rings. The standard InChI is InChI=1S/C10H28N2O3Si2/c1-13-16(9-5-3-7-11)15-17(14-2)10-6-4-8-12/h16-17H,3-12H2,1-2H3. The second kappa shape index (κ2) is 12.7. The van der Waals surface area contributed by atoms with Crippen LogP contribution in [0, 0.1) is 0 Å². The van der Waals surface area contributed by atoms with Crippen LogP contribution < -0.4 is 11.5 Å². The van der Waals surface area contributed by atoms with Crippen LogP contribution in [0.3, 0.4) is 0 Å². The summed E-state index contributed by atoms with van der Waals surface area (Å²) >= 11 is 0. The van der Waals surface area contributed by atoms with Crippen molar-refractivity contribution < 1.29 is 13.0 Å². The summed E-state index contributed by atoms with van der Waals surface area (Å²) in [5.41, 5.74) is 10.9. The Morgan fingerprint density at radius 3 is 1.47 bits per heavy atom. The molecule has 104 valence electrons. The van der Waals surface area contributed by atoms with Crippen molar-refractivity contribution in [2.75, 3.05) is 27.3 Å². The van der Waals surface area contributed by atoms with Crippen LogP contribution >= 0.6 is 0 Å². The highest BCUT2D eigenvalue weighted by Gasteiger charge is 2.19. The molecule has 0 bridgehead atoms. The molecular formula is C10H28N2O3Si2. The molecule has 0 aromatic carbocycles. The largest absolute Gasteiger partial charge is 0.419 e. The Balaban J connectivity index is 3.77. The van der Waals surface area contributed by atoms with E-state index in [1.165, 1.54) is 0 Å². The zero-order chi connectivity index (χ0) is 12.9. The molecule has 0 fully saturated rings. The molecule has 0 radical (unpaired) electrons. The van der Waals surface area contributed by atoms with Gasteiger partial charge in [0.1, 0.15) is 0 Å². The summed E-state index contributed by atoms with van der Waals surface area (Å²) in [6.07, 6.45) is 4.27. The molecule has 7 heteroatoms. The van der Waals surface area contributed by atoms with E-state index in [1.54, 1.807) is 14.2 Å². The molecule has 0 saturated carbocycles. The summed E-state index contributed by atoms with van der Waals surface area (Å²) in [7, 11) is 0.430. The van der Waals surface area contributed by atoms with E-state index in [2.05, 4.69) is 0 Å². The van der Waals surface area contributed by atoms with Gasteiger partial charge in [0.25, 0.3) is 0 Å². The Hall–Kier alpha value is 0.234. The predicted molar refractivity (Wildman–Crippen MR) is 75.6 cm³/mol. The maximum atomic E-state index is 5.99. The molecule has 2 atom stereocenters. The lowest BCUT2D eigenvalue weighted by molar-refractivity contribution is 0.276. The monoisotopic (exact) mass is 280 g/mol. The molecule has 0 heterocycles. The molecule has 0 aromatic rings. The molecule has 5 nitrogen and oxygen atoms in total. The predicted octanol–water partition coefficient (Wildman–Crippen LogP) is 0.215. The van der Waals surface area contributed by atoms with Gasteiger partial charge in [0.15, 0.2) is 0 Å². The van der Waals surface area contributed by atoms with Crippen molar-refractivity contribution in [2.24, 2.45) is 11.5 Å². The van der Waals surface area contributed by atoms with Crippen LogP contribution in [0.25, 0.3) is 0 Å². The van der Waals surface area contributed by atoms with Gasteiger partial charge in [-0.05, 0) is 38.0 Å². The minimum absolute atomic E-state index is 0.743. The van der Waals surface area contributed by atoms with Gasteiger partial charge < -0.3 is 24.4 Å². The first-order valence-electron chi connectivity index (χ1n) is 6.39. The highest BCUT2D eigenvalue weighted by molar-refractivity contribution is 6.59. The fraction of sp³-hybridized carbons (Fsp3) is 1.00. The quantitative estimate of drug-likeness (QED) is 0.395. The van der Waals surface area contributed by atoms with Crippen LogP contribution in [0.5, 0.6) is 0 Å². The number of unbranched alkanes of at least 4 members (excludes halogenated alkanes) is 2. The molecular weight excluding hydrogens is 252 g/mol. The first kappa shape index (κ1) is 17.2. The number of hydrogen-bond donors (Lipinski definition) is 2. The first-order chi connectivity index (χ1) is 8.28. The van der Waals surface area contributed by atoms with Gasteiger partial charge in [-0.25, -0.2) is 0 Å². The Morgan fingerprint density at radius 1 is 0.765 bits per heavy atom. The highest BCUT2D eigenvalue weighted by Crippen LogP contribution is 2.09. The lowest BCUT2D eigenvalue weighted by Crippen LogP contribution is -2.32. The third kappa shape index (κ3) is 9.89. The van der Waals surface area contributed by atoms with Crippen LogP contribution in [0.15, 0.2) is 0 Å². The van der Waals surface area contributed by atoms with E-state index >= 15 is 0 Å². The molecule has 0 spiro atoms. The van der Waals surface area contributed by atoms with E-state index in [0.29, 0.717) is 0 Å². The van der Waals surface area contributed by atoms with Gasteiger partial charge >= 0.3 is 18.6 Å². The minimum atomic E-state index is -1.52. The smallest absolute Gasteiger partial charge is 0.312 e. The van der Waals surface area contributed by atoms with Crippen LogP contribution in [0.4, 0.5) is 0 Å². The second-order valence-electron chi connectivity index (χ2n) is 4.04. The van der Waals surface area contributed by atoms with Crippen LogP contribution in [0.2, 0.25) is 12.1 Å². The third-order valence-corrected chi connectivity index (χ3v) is 7.86. The molecule has 2 unspecified atom stereocenters. The van der Waals surface area contributed by atoms with Crippen molar-refractivity contribution in [3.05, 3.63) is 0 Å². The third-order valence-electron chi connectivity index (χ3n) is 2.62. The maximum absolute atomic E-state index is 5.99. The second-order valence-corrected chi connectivity index (χ2v) is 8.94. The van der Waals surface area contributed by atoms with Crippen molar-refractivity contribution in [2.45, 2.75) is 37.8 Å². The molecule has 0 aromatic heterocycles. The summed E-state index contributed by atoms with van der Waals surface area (Å²) in [4.78, 5) is 0. The lowest BCUT2D eigenvalue weighted by Gasteiger charge is -2.20. The molecule has 0 aliphatic carbocycles. The zero-order valence-corrected chi connectivity index (χ0v) is 13.5. The summed E-state index contributed by atoms with van der Waals surface area (Å²) < 4.78 is 16.9. The first-order valence-corrected chi connectivity index (χ1v) is 9.91. The molecule has 0 rings (SSSR count). The molecule has 0 amide bonds. The molecule has 0 aliphatic heterocycles. The summed E-state index contributed by atoms with van der Waals surface area (Å²) in [5, 5.41) is 0. The van der Waals surface area contributed by atoms with E-state index in [0.717, 1.165) is 50.9 Å². The van der Waals surface area contributed by atoms with Crippen LogP contribution in [-0.4, -0.2) is 45.9 Å². The van der Waals surface area contributed by atoms with Crippen molar-refractivity contribution in [3.63, 3.8) is 0 Å². The van der Waals surface area contributed by atoms with E-state index in [4.69, 9.17) is 24.4 Å². The Kier molecular flexibility index (Phi) is 12.9. The number of hydrogen-bond acceptors (Lipinski definition) is 5. The zero-order valence-electron chi connectivity index (χ0n) is 11.2. The molecule has 0 saturated heterocycles. The van der Waals surface area contributed by atoms with Crippen molar-refractivity contribution in [1.29, 1.82) is 0 Å². The van der Waals surface area contributed by atoms with E-state index in [-0.39, 0.29) is 0 Å². The average Bonchev–Trinajstić information content (AvgIpc) is 2.36. The lowest BCUT2D eigenvalue weighted by atomic mass is 10.3. The maximum Gasteiger partial charge on any atom is 0.312 e. The van der Waals surface area contributed by atoms with Gasteiger partial charge in [-0.2, -0.15) is 0 Å². The highest BCUT2D eigenvalue weighted by atomic mass is 28.4.